The van der Waals surface area contributed by atoms with Gasteiger partial charge in [0.05, 0.1) is 21.6 Å². The minimum absolute atomic E-state index is 0.0261. The van der Waals surface area contributed by atoms with Crippen LogP contribution in [0.25, 0.3) is 16.6 Å². The maximum absolute atomic E-state index is 13.9. The predicted molar refractivity (Wildman–Crippen MR) is 237 cm³/mol. The fraction of sp³-hybridized carbons (Fsp3) is 0.378. The summed E-state index contributed by atoms with van der Waals surface area (Å²) in [6.07, 6.45) is 7.10. The second kappa shape index (κ2) is 17.9. The van der Waals surface area contributed by atoms with E-state index >= 15 is 0 Å². The highest BCUT2D eigenvalue weighted by Gasteiger charge is 2.31. The molecule has 2 aromatic heterocycles. The van der Waals surface area contributed by atoms with Crippen LogP contribution < -0.4 is 19.7 Å². The summed E-state index contributed by atoms with van der Waals surface area (Å²) in [5.74, 6) is -0.396. The summed E-state index contributed by atoms with van der Waals surface area (Å²) >= 11 is 6.22. The van der Waals surface area contributed by atoms with Crippen molar-refractivity contribution in [1.82, 2.24) is 19.6 Å². The molecule has 14 nitrogen and oxygen atoms in total. The van der Waals surface area contributed by atoms with E-state index in [4.69, 9.17) is 21.1 Å². The molecule has 1 amide bonds. The first kappa shape index (κ1) is 39.6. The molecule has 3 N–H and O–H groups in total. The summed E-state index contributed by atoms with van der Waals surface area (Å²) in [6, 6.07) is 19.5. The number of H-pyrrole nitrogens is 1. The Morgan fingerprint density at radius 1 is 1.07 bits per heavy atom. The van der Waals surface area contributed by atoms with E-state index in [0.717, 1.165) is 53.8 Å². The molecule has 2 aliphatic heterocycles. The minimum Gasteiger partial charge on any atom is -0.455 e. The molecule has 3 aliphatic rings. The van der Waals surface area contributed by atoms with E-state index in [1.165, 1.54) is 24.4 Å². The smallest absolute Gasteiger partial charge is 0.293 e. The van der Waals surface area contributed by atoms with E-state index in [1.54, 1.807) is 24.4 Å². The largest absolute Gasteiger partial charge is 0.455 e. The molecule has 320 valence electrons. The van der Waals surface area contributed by atoms with Crippen molar-refractivity contribution in [2.75, 3.05) is 62.7 Å². The highest BCUT2D eigenvalue weighted by Crippen LogP contribution is 2.43. The van der Waals surface area contributed by atoms with Crippen LogP contribution in [0.15, 0.2) is 95.7 Å². The molecule has 0 saturated carbocycles. The van der Waals surface area contributed by atoms with E-state index in [9.17, 15) is 26.1 Å². The maximum atomic E-state index is 13.9. The van der Waals surface area contributed by atoms with Crippen molar-refractivity contribution in [1.29, 1.82) is 0 Å². The number of aromatic nitrogens is 2. The molecule has 0 radical (unpaired) electrons. The summed E-state index contributed by atoms with van der Waals surface area (Å²) in [5.41, 5.74) is 3.76. The first-order valence-electron chi connectivity index (χ1n) is 21.5. The number of fused-ring (bicyclic) bond motifs is 1. The van der Waals surface area contributed by atoms with E-state index in [2.05, 4.69) is 38.8 Å². The number of allylic oxidation sites excluding steroid dienone is 1. The highest BCUT2D eigenvalue weighted by atomic mass is 35.5. The third kappa shape index (κ3) is 10.0. The Balaban J connectivity index is 1.03. The van der Waals surface area contributed by atoms with Gasteiger partial charge < -0.3 is 24.7 Å². The van der Waals surface area contributed by atoms with Crippen molar-refractivity contribution in [3.63, 3.8) is 0 Å². The number of ether oxygens (including phenoxy) is 2. The Bertz CT molecular complexity index is 2660. The van der Waals surface area contributed by atoms with Gasteiger partial charge >= 0.3 is 0 Å². The van der Waals surface area contributed by atoms with Crippen LogP contribution in [0.1, 0.15) is 64.6 Å². The normalized spacial score (nSPS) is 18.4. The van der Waals surface area contributed by atoms with Gasteiger partial charge in [0.1, 0.15) is 22.8 Å². The summed E-state index contributed by atoms with van der Waals surface area (Å²) in [4.78, 5) is 36.3. The average Bonchev–Trinajstić information content (AvgIpc) is 3.74. The van der Waals surface area contributed by atoms with E-state index < -0.39 is 37.9 Å². The predicted octanol–water partition coefficient (Wildman–Crippen LogP) is 8.66. The van der Waals surface area contributed by atoms with E-state index in [1.807, 2.05) is 35.2 Å². The van der Waals surface area contributed by atoms with Crippen LogP contribution in [0.3, 0.4) is 0 Å². The number of carbonyl (C=O) groups excluding carboxylic acids is 1. The summed E-state index contributed by atoms with van der Waals surface area (Å²) < 4.78 is 60.1. The Hall–Kier alpha value is -5.48. The quantitative estimate of drug-likeness (QED) is 0.0764. The number of piperazine rings is 1. The van der Waals surface area contributed by atoms with Crippen LogP contribution in [-0.4, -0.2) is 86.6 Å². The first-order chi connectivity index (χ1) is 30.1. The van der Waals surface area contributed by atoms with Crippen molar-refractivity contribution in [2.45, 2.75) is 50.8 Å². The van der Waals surface area contributed by atoms with Gasteiger partial charge in [0.2, 0.25) is 0 Å². The van der Waals surface area contributed by atoms with Gasteiger partial charge in [-0.15, -0.1) is 0 Å². The lowest BCUT2D eigenvalue weighted by atomic mass is 9.72. The summed E-state index contributed by atoms with van der Waals surface area (Å²) in [5, 5.41) is 16.6. The second-order valence-corrected chi connectivity index (χ2v) is 18.7. The molecule has 16 heteroatoms. The van der Waals surface area contributed by atoms with Gasteiger partial charge in [-0.1, -0.05) is 43.2 Å². The van der Waals surface area contributed by atoms with Crippen LogP contribution in [0.5, 0.6) is 11.5 Å². The average molecular weight is 870 g/mol. The Labute approximate surface area is 363 Å². The molecule has 0 atom stereocenters. The third-order valence-corrected chi connectivity index (χ3v) is 13.2. The highest BCUT2D eigenvalue weighted by molar-refractivity contribution is 7.90. The van der Waals surface area contributed by atoms with Crippen molar-refractivity contribution in [3.05, 3.63) is 117 Å². The molecular weight excluding hydrogens is 818 g/mol. The number of amides is 1. The number of nitrogens with zero attached hydrogens (tertiary/aromatic N) is 4. The van der Waals surface area contributed by atoms with Crippen molar-refractivity contribution < 1.29 is 30.4 Å². The topological polar surface area (TPSA) is 172 Å². The minimum atomic E-state index is -4.60. The molecule has 0 unspecified atom stereocenters. The number of carbonyl (C=O) groups is 1. The monoisotopic (exact) mass is 869 g/mol. The molecule has 1 aliphatic carbocycles. The summed E-state index contributed by atoms with van der Waals surface area (Å²) in [7, 11) is -4.60. The molecule has 8 rings (SSSR count). The van der Waals surface area contributed by atoms with Crippen LogP contribution in [0.4, 0.5) is 17.1 Å². The Kier molecular flexibility index (Phi) is 11.6. The van der Waals surface area contributed by atoms with Crippen molar-refractivity contribution >= 4 is 61.2 Å². The van der Waals surface area contributed by atoms with Gasteiger partial charge in [-0.2, -0.15) is 0 Å². The standard InChI is InChI=1S/C45H50ClN7O7S/c1-45(2)15-11-33(39(26-45)31-3-5-34(46)6-4-31)29-51-17-19-52(20-18-51)35-7-9-38(42(24-35)60-36-23-32-12-16-47-43(32)49-28-36)44(54)50-61(57,58)37-8-10-40(41(25-37)53(55)56)48-27-30-13-21-59-22-14-30/h3-10,12,16,23-25,28,30,48H,11,13-15,17-22,26-27,29H2,1-2H3,(H,47,49)(H,50,54)/i29D2. The van der Waals surface area contributed by atoms with Gasteiger partial charge in [0, 0.05) is 89.6 Å². The molecule has 3 aromatic carbocycles. The fourth-order valence-electron chi connectivity index (χ4n) is 8.11. The first-order valence-corrected chi connectivity index (χ1v) is 22.3. The number of benzene rings is 3. The molecule has 2 saturated heterocycles. The molecule has 4 heterocycles. The van der Waals surface area contributed by atoms with Crippen LogP contribution in [0, 0.1) is 21.4 Å². The van der Waals surface area contributed by atoms with Gasteiger partial charge in [-0.25, -0.2) is 18.1 Å². The number of pyridine rings is 1. The number of halogens is 1. The number of nitro benzene ring substituents is 1. The summed E-state index contributed by atoms with van der Waals surface area (Å²) in [6.45, 7) is 6.17. The molecule has 5 aromatic rings. The van der Waals surface area contributed by atoms with Gasteiger partial charge in [-0.05, 0) is 103 Å². The Morgan fingerprint density at radius 3 is 2.59 bits per heavy atom. The number of hydrogen-bond donors (Lipinski definition) is 3. The molecule has 0 bridgehead atoms. The van der Waals surface area contributed by atoms with Crippen molar-refractivity contribution in [2.24, 2.45) is 11.3 Å². The van der Waals surface area contributed by atoms with Crippen LogP contribution >= 0.6 is 11.6 Å². The number of rotatable bonds is 13. The van der Waals surface area contributed by atoms with E-state index in [0.29, 0.717) is 74.5 Å². The number of nitro groups is 1. The fourth-order valence-corrected chi connectivity index (χ4v) is 9.22. The number of nitrogens with one attached hydrogen (secondary N) is 3. The zero-order chi connectivity index (χ0) is 44.5. The number of sulfonamides is 1. The number of hydrogen-bond acceptors (Lipinski definition) is 11. The SMILES string of the molecule is [2H]C([2H])(C1=C(c2ccc(Cl)cc2)CC(C)(C)CC1)N1CCN(c2ccc(C(=O)NS(=O)(=O)c3ccc(NCC4CCOCC4)c([N+](=O)[O-])c3)c(Oc3cnc4[nH]ccc4c3)c2)CC1. The molecular formula is C45H50ClN7O7S. The number of aromatic amines is 1. The molecule has 61 heavy (non-hydrogen) atoms. The second-order valence-electron chi connectivity index (χ2n) is 16.6. The Morgan fingerprint density at radius 2 is 1.84 bits per heavy atom. The van der Waals surface area contributed by atoms with Crippen LogP contribution in [0.2, 0.25) is 5.02 Å². The molecule has 2 fully saturated rings. The van der Waals surface area contributed by atoms with Gasteiger partial charge in [0.25, 0.3) is 21.6 Å². The van der Waals surface area contributed by atoms with Gasteiger partial charge in [-0.3, -0.25) is 19.8 Å². The zero-order valence-corrected chi connectivity index (χ0v) is 35.7. The lowest BCUT2D eigenvalue weighted by Crippen LogP contribution is -2.47. The lowest BCUT2D eigenvalue weighted by Gasteiger charge is -2.39. The third-order valence-electron chi connectivity index (χ3n) is 11.6. The van der Waals surface area contributed by atoms with Gasteiger partial charge in [0.15, 0.2) is 0 Å². The maximum Gasteiger partial charge on any atom is 0.293 e. The van der Waals surface area contributed by atoms with Crippen LogP contribution in [-0.2, 0) is 14.8 Å². The van der Waals surface area contributed by atoms with Crippen molar-refractivity contribution in [3.8, 4) is 11.5 Å². The van der Waals surface area contributed by atoms with E-state index in [-0.39, 0.29) is 28.3 Å². The molecule has 0 spiro atoms. The lowest BCUT2D eigenvalue weighted by molar-refractivity contribution is -0.384. The number of anilines is 2. The zero-order valence-electron chi connectivity index (χ0n) is 36.1.